The van der Waals surface area contributed by atoms with Crippen molar-refractivity contribution in [3.05, 3.63) is 42.1 Å². The molecule has 1 aliphatic heterocycles. The maximum Gasteiger partial charge on any atom is 0.276 e. The molecule has 140 valence electrons. The van der Waals surface area contributed by atoms with E-state index in [1.165, 1.54) is 30.0 Å². The van der Waals surface area contributed by atoms with E-state index in [0.29, 0.717) is 9.95 Å². The zero-order valence-corrected chi connectivity index (χ0v) is 16.2. The van der Waals surface area contributed by atoms with Crippen molar-refractivity contribution < 1.29 is 17.2 Å². The molecule has 0 atom stereocenters. The summed E-state index contributed by atoms with van der Waals surface area (Å²) in [5.41, 5.74) is 0.501. The van der Waals surface area contributed by atoms with Crippen LogP contribution in [0.2, 0.25) is 0 Å². The molecule has 14 heteroatoms. The van der Waals surface area contributed by atoms with Crippen molar-refractivity contribution in [2.24, 2.45) is 0 Å². The first kappa shape index (κ1) is 20.2. The third kappa shape index (κ3) is 3.31. The molecule has 8 nitrogen and oxygen atoms in total. The van der Waals surface area contributed by atoms with Crippen molar-refractivity contribution in [1.29, 1.82) is 0 Å². The molecule has 8 radical (unpaired) electrons. The highest BCUT2D eigenvalue weighted by molar-refractivity contribution is 7.89. The molecule has 4 rings (SSSR count). The fraction of sp³-hybridized carbons (Fsp3) is 0.400. The third-order valence-corrected chi connectivity index (χ3v) is 6.69. The fourth-order valence-electron chi connectivity index (χ4n) is 3.79. The van der Waals surface area contributed by atoms with Crippen molar-refractivity contribution in [2.45, 2.75) is 41.5 Å². The zero-order chi connectivity index (χ0) is 21.2. The van der Waals surface area contributed by atoms with Crippen LogP contribution < -0.4 is 0 Å². The Kier molecular flexibility index (Phi) is 4.51. The maximum absolute atomic E-state index is 14.7. The van der Waals surface area contributed by atoms with Crippen molar-refractivity contribution in [3.8, 4) is 0 Å². The molecule has 0 aliphatic carbocycles. The van der Waals surface area contributed by atoms with Crippen LogP contribution in [0.4, 0.5) is 4.39 Å². The van der Waals surface area contributed by atoms with Gasteiger partial charge < -0.3 is 4.42 Å². The van der Waals surface area contributed by atoms with E-state index >= 15 is 0 Å². The Morgan fingerprint density at radius 3 is 2.45 bits per heavy atom. The van der Waals surface area contributed by atoms with E-state index in [9.17, 15) is 12.8 Å². The Morgan fingerprint density at radius 2 is 1.86 bits per heavy atom. The van der Waals surface area contributed by atoms with E-state index in [2.05, 4.69) is 15.1 Å². The number of oxazole rings is 1. The van der Waals surface area contributed by atoms with E-state index < -0.39 is 37.5 Å². The van der Waals surface area contributed by atoms with Gasteiger partial charge in [-0.3, -0.25) is 0 Å². The molecule has 3 aromatic heterocycles. The summed E-state index contributed by atoms with van der Waals surface area (Å²) in [5, 5.41) is -0.588. The van der Waals surface area contributed by atoms with Gasteiger partial charge in [0.25, 0.3) is 15.1 Å². The van der Waals surface area contributed by atoms with Gasteiger partial charge in [0.2, 0.25) is 0 Å². The van der Waals surface area contributed by atoms with Crippen LogP contribution in [0, 0.1) is 12.7 Å². The molecule has 4 heterocycles. The first-order chi connectivity index (χ1) is 13.4. The molecule has 29 heavy (non-hydrogen) atoms. The van der Waals surface area contributed by atoms with Crippen LogP contribution >= 0.6 is 0 Å². The summed E-state index contributed by atoms with van der Waals surface area (Å²) in [6, 6.07) is 1.20. The predicted molar refractivity (Wildman–Crippen MR) is 104 cm³/mol. The minimum Gasteiger partial charge on any atom is -0.428 e. The van der Waals surface area contributed by atoms with Gasteiger partial charge in [-0.2, -0.15) is 5.10 Å². The Balaban J connectivity index is 1.76. The topological polar surface area (TPSA) is 93.6 Å². The quantitative estimate of drug-likeness (QED) is 0.557. The van der Waals surface area contributed by atoms with Gasteiger partial charge in [0, 0.05) is 24.8 Å². The second-order valence-electron chi connectivity index (χ2n) is 7.19. The van der Waals surface area contributed by atoms with E-state index in [1.54, 1.807) is 0 Å². The molecule has 0 aromatic carbocycles. The number of aryl methyl sites for hydroxylation is 1. The largest absolute Gasteiger partial charge is 0.428 e. The van der Waals surface area contributed by atoms with Gasteiger partial charge in [-0.25, -0.2) is 31.6 Å². The summed E-state index contributed by atoms with van der Waals surface area (Å²) < 4.78 is 47.9. The second-order valence-corrected chi connectivity index (χ2v) is 8.91. The van der Waals surface area contributed by atoms with E-state index in [1.807, 2.05) is 0 Å². The number of fused-ring (bicyclic) bond motifs is 1. The van der Waals surface area contributed by atoms with Gasteiger partial charge in [0.15, 0.2) is 11.5 Å². The summed E-state index contributed by atoms with van der Waals surface area (Å²) in [7, 11) is 20.2. The van der Waals surface area contributed by atoms with Gasteiger partial charge in [-0.1, -0.05) is 0 Å². The number of halogens is 1. The van der Waals surface area contributed by atoms with Gasteiger partial charge in [0.1, 0.15) is 12.1 Å². The SMILES string of the molecule is [B]C1([B])CC(c2cn3ncnc3cc2F)CC([B])([B])N1S(=O)(=O)c1cnc(C)o1. The van der Waals surface area contributed by atoms with Crippen LogP contribution in [0.3, 0.4) is 0 Å². The number of hydrogen-bond donors (Lipinski definition) is 0. The van der Waals surface area contributed by atoms with Crippen molar-refractivity contribution in [1.82, 2.24) is 23.9 Å². The molecule has 0 bridgehead atoms. The third-order valence-electron chi connectivity index (χ3n) is 4.83. The van der Waals surface area contributed by atoms with E-state index in [0.717, 1.165) is 6.20 Å². The molecule has 0 amide bonds. The van der Waals surface area contributed by atoms with Crippen LogP contribution in [0.25, 0.3) is 5.65 Å². The minimum atomic E-state index is -4.42. The smallest absolute Gasteiger partial charge is 0.276 e. The lowest BCUT2D eigenvalue weighted by Gasteiger charge is -2.55. The number of sulfonamides is 1. The first-order valence-corrected chi connectivity index (χ1v) is 9.98. The lowest BCUT2D eigenvalue weighted by Crippen LogP contribution is -2.68. The highest BCUT2D eigenvalue weighted by Crippen LogP contribution is 2.44. The van der Waals surface area contributed by atoms with Gasteiger partial charge in [-0.15, -0.1) is 0 Å². The maximum atomic E-state index is 14.7. The lowest BCUT2D eigenvalue weighted by atomic mass is 9.46. The van der Waals surface area contributed by atoms with Crippen molar-refractivity contribution >= 4 is 47.1 Å². The summed E-state index contributed by atoms with van der Waals surface area (Å²) in [6.07, 6.45) is 3.40. The van der Waals surface area contributed by atoms with Gasteiger partial charge in [-0.05, 0) is 29.4 Å². The molecule has 1 aliphatic rings. The molecule has 1 fully saturated rings. The predicted octanol–water partition coefficient (Wildman–Crippen LogP) is -0.285. The van der Waals surface area contributed by atoms with Crippen LogP contribution in [-0.4, -0.2) is 74.4 Å². The normalized spacial score (nSPS) is 20.2. The lowest BCUT2D eigenvalue weighted by molar-refractivity contribution is 0.201. The number of piperidine rings is 1. The molecule has 0 spiro atoms. The summed E-state index contributed by atoms with van der Waals surface area (Å²) in [4.78, 5) is 7.68. The standard InChI is InChI=1S/C15H12B4FN5O3S/c1-8-21-5-13(28-8)29(26,27)25-14(16,17)3-9(4-15(25,18)19)10-6-24-12(2-11(10)20)22-7-23-24/h2,5-7,9H,3-4H2,1H3. The van der Waals surface area contributed by atoms with Crippen LogP contribution in [-0.2, 0) is 10.0 Å². The van der Waals surface area contributed by atoms with Crippen molar-refractivity contribution in [2.75, 3.05) is 0 Å². The van der Waals surface area contributed by atoms with E-state index in [-0.39, 0.29) is 24.3 Å². The Labute approximate surface area is 172 Å². The summed E-state index contributed by atoms with van der Waals surface area (Å²) in [6.45, 7) is 1.48. The van der Waals surface area contributed by atoms with Crippen molar-refractivity contribution in [3.63, 3.8) is 0 Å². The Morgan fingerprint density at radius 1 is 1.21 bits per heavy atom. The number of rotatable bonds is 3. The fourth-order valence-corrected chi connectivity index (χ4v) is 5.42. The summed E-state index contributed by atoms with van der Waals surface area (Å²) >= 11 is 0. The average Bonchev–Trinajstić information content (AvgIpc) is 3.19. The van der Waals surface area contributed by atoms with Gasteiger partial charge in [0.05, 0.1) is 37.6 Å². The molecule has 0 unspecified atom stereocenters. The minimum absolute atomic E-state index is 0.126. The molecular weight excluding hydrogens is 393 g/mol. The monoisotopic (exact) mass is 405 g/mol. The number of pyridine rings is 1. The zero-order valence-electron chi connectivity index (χ0n) is 15.4. The van der Waals surface area contributed by atoms with Crippen LogP contribution in [0.1, 0.15) is 30.2 Å². The highest BCUT2D eigenvalue weighted by atomic mass is 32.2. The number of aromatic nitrogens is 4. The molecule has 3 aromatic rings. The molecular formula is C15H12B4FN5O3S. The van der Waals surface area contributed by atoms with E-state index in [4.69, 9.17) is 35.8 Å². The first-order valence-electron chi connectivity index (χ1n) is 8.54. The number of nitrogens with zero attached hydrogens (tertiary/aromatic N) is 5. The average molecular weight is 405 g/mol. The Bertz CT molecular complexity index is 1180. The second kappa shape index (κ2) is 6.46. The molecule has 0 saturated carbocycles. The molecule has 0 N–H and O–H groups in total. The Hall–Kier alpha value is -2.07. The summed E-state index contributed by atoms with van der Waals surface area (Å²) in [5.74, 6) is -1.14. The van der Waals surface area contributed by atoms with Crippen LogP contribution in [0.5, 0.6) is 0 Å². The van der Waals surface area contributed by atoms with Gasteiger partial charge >= 0.3 is 0 Å². The number of hydrogen-bond acceptors (Lipinski definition) is 6. The molecule has 1 saturated heterocycles. The van der Waals surface area contributed by atoms with Crippen LogP contribution in [0.15, 0.2) is 34.3 Å². The highest BCUT2D eigenvalue weighted by Gasteiger charge is 2.51.